The Hall–Kier alpha value is -2.33. The molecule has 0 radical (unpaired) electrons. The van der Waals surface area contributed by atoms with Crippen LogP contribution in [0.2, 0.25) is 0 Å². The fraction of sp³-hybridized carbons (Fsp3) is 0.111. The maximum atomic E-state index is 4.64. The van der Waals surface area contributed by atoms with E-state index in [1.165, 1.54) is 5.56 Å². The fourth-order valence-corrected chi connectivity index (χ4v) is 3.20. The summed E-state index contributed by atoms with van der Waals surface area (Å²) < 4.78 is 2.04. The molecule has 1 aliphatic heterocycles. The molecule has 108 valence electrons. The Morgan fingerprint density at radius 2 is 1.95 bits per heavy atom. The van der Waals surface area contributed by atoms with E-state index >= 15 is 0 Å². The molecule has 2 aromatic heterocycles. The molecule has 4 rings (SSSR count). The van der Waals surface area contributed by atoms with Crippen LogP contribution in [0.1, 0.15) is 5.56 Å². The van der Waals surface area contributed by atoms with E-state index in [9.17, 15) is 0 Å². The first-order chi connectivity index (χ1) is 10.9. The normalized spacial score (nSPS) is 14.8. The predicted molar refractivity (Wildman–Crippen MR) is 94.4 cm³/mol. The molecule has 4 heteroatoms. The maximum absolute atomic E-state index is 4.64. The maximum Gasteiger partial charge on any atom is 0.137 e. The van der Waals surface area contributed by atoms with Gasteiger partial charge in [0.15, 0.2) is 0 Å². The standard InChI is InChI=1S/C18H15N3S/c1-2-11-21-13-16(20-17(21)3-1)15-7-4-14(5-8-15)6-9-18-19-10-12-22-18/h1-9,11,13H,10,12H2/b9-6-. The molecule has 0 N–H and O–H groups in total. The molecule has 0 amide bonds. The predicted octanol–water partition coefficient (Wildman–Crippen LogP) is 4.16. The van der Waals surface area contributed by atoms with Gasteiger partial charge >= 0.3 is 0 Å². The Bertz CT molecular complexity index is 826. The lowest BCUT2D eigenvalue weighted by Crippen LogP contribution is -1.81. The summed E-state index contributed by atoms with van der Waals surface area (Å²) in [6.45, 7) is 0.942. The third kappa shape index (κ3) is 2.70. The summed E-state index contributed by atoms with van der Waals surface area (Å²) in [4.78, 5) is 9.06. The van der Waals surface area contributed by atoms with Crippen LogP contribution in [0.4, 0.5) is 0 Å². The number of fused-ring (bicyclic) bond motifs is 1. The Morgan fingerprint density at radius 3 is 2.73 bits per heavy atom. The molecule has 0 fully saturated rings. The van der Waals surface area contributed by atoms with E-state index < -0.39 is 0 Å². The molecular formula is C18H15N3S. The highest BCUT2D eigenvalue weighted by atomic mass is 32.2. The van der Waals surface area contributed by atoms with Gasteiger partial charge in [0.05, 0.1) is 10.7 Å². The second-order valence-corrected chi connectivity index (χ2v) is 6.23. The molecule has 3 heterocycles. The van der Waals surface area contributed by atoms with Gasteiger partial charge in [0.2, 0.25) is 0 Å². The van der Waals surface area contributed by atoms with Gasteiger partial charge in [-0.1, -0.05) is 36.4 Å². The van der Waals surface area contributed by atoms with Crippen molar-refractivity contribution in [3.63, 3.8) is 0 Å². The summed E-state index contributed by atoms with van der Waals surface area (Å²) in [5, 5.41) is 1.13. The summed E-state index contributed by atoms with van der Waals surface area (Å²) in [7, 11) is 0. The summed E-state index contributed by atoms with van der Waals surface area (Å²) >= 11 is 1.81. The van der Waals surface area contributed by atoms with Gasteiger partial charge in [-0.05, 0) is 23.8 Å². The van der Waals surface area contributed by atoms with E-state index in [-0.39, 0.29) is 0 Å². The van der Waals surface area contributed by atoms with Crippen molar-refractivity contribution in [1.82, 2.24) is 9.38 Å². The zero-order valence-corrected chi connectivity index (χ0v) is 12.8. The molecule has 22 heavy (non-hydrogen) atoms. The molecule has 3 nitrogen and oxygen atoms in total. The van der Waals surface area contributed by atoms with Gasteiger partial charge in [-0.3, -0.25) is 4.99 Å². The van der Waals surface area contributed by atoms with Gasteiger partial charge in [0.1, 0.15) is 5.65 Å². The molecule has 0 saturated carbocycles. The van der Waals surface area contributed by atoms with Gasteiger partial charge in [-0.15, -0.1) is 11.8 Å². The van der Waals surface area contributed by atoms with Gasteiger partial charge in [0, 0.05) is 30.3 Å². The van der Waals surface area contributed by atoms with Crippen LogP contribution in [-0.2, 0) is 0 Å². The molecule has 0 bridgehead atoms. The second kappa shape index (κ2) is 5.81. The van der Waals surface area contributed by atoms with Crippen LogP contribution in [0.5, 0.6) is 0 Å². The average molecular weight is 305 g/mol. The van der Waals surface area contributed by atoms with E-state index in [1.54, 1.807) is 0 Å². The molecule has 1 aliphatic rings. The molecular weight excluding hydrogens is 290 g/mol. The van der Waals surface area contributed by atoms with Crippen molar-refractivity contribution in [2.45, 2.75) is 0 Å². The number of thioether (sulfide) groups is 1. The van der Waals surface area contributed by atoms with Crippen molar-refractivity contribution in [1.29, 1.82) is 0 Å². The van der Waals surface area contributed by atoms with Crippen molar-refractivity contribution in [2.75, 3.05) is 12.3 Å². The van der Waals surface area contributed by atoms with Crippen molar-refractivity contribution in [3.8, 4) is 11.3 Å². The number of benzene rings is 1. The number of aliphatic imine (C=N–C) groups is 1. The van der Waals surface area contributed by atoms with E-state index in [1.807, 2.05) is 40.6 Å². The van der Waals surface area contributed by atoms with E-state index in [0.717, 1.165) is 34.2 Å². The van der Waals surface area contributed by atoms with Crippen LogP contribution in [0.3, 0.4) is 0 Å². The summed E-state index contributed by atoms with van der Waals surface area (Å²) in [5.74, 6) is 1.10. The Morgan fingerprint density at radius 1 is 1.05 bits per heavy atom. The Balaban J connectivity index is 1.58. The van der Waals surface area contributed by atoms with Crippen molar-refractivity contribution < 1.29 is 0 Å². The van der Waals surface area contributed by atoms with Crippen LogP contribution >= 0.6 is 11.8 Å². The Kier molecular flexibility index (Phi) is 3.52. The summed E-state index contributed by atoms with van der Waals surface area (Å²) in [6.07, 6.45) is 8.29. The van der Waals surface area contributed by atoms with Gasteiger partial charge in [0.25, 0.3) is 0 Å². The highest BCUT2D eigenvalue weighted by Gasteiger charge is 2.04. The molecule has 0 saturated heterocycles. The van der Waals surface area contributed by atoms with E-state index in [0.29, 0.717) is 0 Å². The highest BCUT2D eigenvalue weighted by Crippen LogP contribution is 2.20. The van der Waals surface area contributed by atoms with Crippen LogP contribution in [0, 0.1) is 0 Å². The molecule has 0 unspecified atom stereocenters. The van der Waals surface area contributed by atoms with Gasteiger partial charge < -0.3 is 4.40 Å². The van der Waals surface area contributed by atoms with Crippen molar-refractivity contribution in [3.05, 3.63) is 66.5 Å². The summed E-state index contributed by atoms with van der Waals surface area (Å²) in [6, 6.07) is 14.5. The first kappa shape index (κ1) is 13.3. The van der Waals surface area contributed by atoms with Crippen molar-refractivity contribution in [2.24, 2.45) is 4.99 Å². The SMILES string of the molecule is C(=C/c1ccc(-c2cn3ccccc3n2)cc1)/C1=NCCS1. The third-order valence-electron chi connectivity index (χ3n) is 3.60. The molecule has 0 aliphatic carbocycles. The van der Waals surface area contributed by atoms with E-state index in [4.69, 9.17) is 0 Å². The van der Waals surface area contributed by atoms with Gasteiger partial charge in [-0.25, -0.2) is 4.98 Å². The lowest BCUT2D eigenvalue weighted by Gasteiger charge is -1.98. The largest absolute Gasteiger partial charge is 0.306 e. The quantitative estimate of drug-likeness (QED) is 0.727. The number of hydrogen-bond donors (Lipinski definition) is 0. The number of hydrogen-bond acceptors (Lipinski definition) is 3. The zero-order valence-electron chi connectivity index (χ0n) is 12.0. The first-order valence-corrected chi connectivity index (χ1v) is 8.26. The highest BCUT2D eigenvalue weighted by molar-refractivity contribution is 8.14. The lowest BCUT2D eigenvalue weighted by molar-refractivity contribution is 1.18. The number of aromatic nitrogens is 2. The number of nitrogens with zero attached hydrogens (tertiary/aromatic N) is 3. The molecule has 1 aromatic carbocycles. The van der Waals surface area contributed by atoms with E-state index in [2.05, 4.69) is 52.6 Å². The van der Waals surface area contributed by atoms with Crippen molar-refractivity contribution >= 4 is 28.5 Å². The topological polar surface area (TPSA) is 29.7 Å². The number of imidazole rings is 1. The molecule has 0 spiro atoms. The number of pyridine rings is 1. The minimum atomic E-state index is 0.942. The molecule has 3 aromatic rings. The molecule has 0 atom stereocenters. The van der Waals surface area contributed by atoms with Crippen LogP contribution in [0.15, 0.2) is 65.9 Å². The first-order valence-electron chi connectivity index (χ1n) is 7.28. The number of rotatable bonds is 3. The lowest BCUT2D eigenvalue weighted by atomic mass is 10.1. The third-order valence-corrected chi connectivity index (χ3v) is 4.55. The van der Waals surface area contributed by atoms with Gasteiger partial charge in [-0.2, -0.15) is 0 Å². The fourth-order valence-electron chi connectivity index (χ4n) is 2.46. The van der Waals surface area contributed by atoms with Crippen LogP contribution < -0.4 is 0 Å². The smallest absolute Gasteiger partial charge is 0.137 e. The monoisotopic (exact) mass is 305 g/mol. The van der Waals surface area contributed by atoms with Crippen LogP contribution in [0.25, 0.3) is 23.0 Å². The summed E-state index contributed by atoms with van der Waals surface area (Å²) in [5.41, 5.74) is 4.28. The second-order valence-electron chi connectivity index (χ2n) is 5.12. The minimum Gasteiger partial charge on any atom is -0.306 e. The average Bonchev–Trinajstić information content (AvgIpc) is 3.22. The van der Waals surface area contributed by atoms with Crippen LogP contribution in [-0.4, -0.2) is 26.7 Å². The Labute approximate surface area is 133 Å². The zero-order chi connectivity index (χ0) is 14.8. The minimum absolute atomic E-state index is 0.942.